The molecule has 0 amide bonds. The quantitative estimate of drug-likeness (QED) is 0.653. The van der Waals surface area contributed by atoms with Crippen LogP contribution in [0.5, 0.6) is 0 Å². The van der Waals surface area contributed by atoms with Crippen LogP contribution in [0, 0.1) is 10.1 Å². The smallest absolute Gasteiger partial charge is 0.274 e. The topological polar surface area (TPSA) is 58.4 Å². The zero-order valence-electron chi connectivity index (χ0n) is 12.2. The number of hydrogen-bond acceptors (Lipinski definition) is 4. The molecule has 0 saturated heterocycles. The Bertz CT molecular complexity index is 626. The van der Waals surface area contributed by atoms with Crippen molar-refractivity contribution in [3.8, 4) is 0 Å². The first kappa shape index (κ1) is 15.0. The van der Waals surface area contributed by atoms with Gasteiger partial charge < -0.3 is 10.2 Å². The Morgan fingerprint density at radius 2 is 1.67 bits per heavy atom. The van der Waals surface area contributed by atoms with Gasteiger partial charge in [0.05, 0.1) is 4.92 Å². The Morgan fingerprint density at radius 3 is 2.33 bits per heavy atom. The molecule has 0 saturated carbocycles. The fraction of sp³-hybridized carbons (Fsp3) is 0.250. The number of rotatable bonds is 6. The molecule has 0 atom stereocenters. The molecular formula is C16H19N3O2. The van der Waals surface area contributed by atoms with Crippen LogP contribution in [0.2, 0.25) is 0 Å². The molecule has 0 heterocycles. The summed E-state index contributed by atoms with van der Waals surface area (Å²) in [6.07, 6.45) is 0. The van der Waals surface area contributed by atoms with Gasteiger partial charge in [0.1, 0.15) is 0 Å². The third-order valence-electron chi connectivity index (χ3n) is 3.16. The lowest BCUT2D eigenvalue weighted by atomic mass is 10.1. The first-order valence-corrected chi connectivity index (χ1v) is 6.76. The highest BCUT2D eigenvalue weighted by Crippen LogP contribution is 2.21. The van der Waals surface area contributed by atoms with Gasteiger partial charge >= 0.3 is 0 Å². The SMILES string of the molecule is CN(C)Cc1ccccc1NCc1ccccc1[N+](=O)[O-]. The minimum Gasteiger partial charge on any atom is -0.380 e. The number of nitro benzene ring substituents is 1. The summed E-state index contributed by atoms with van der Waals surface area (Å²) in [5, 5.41) is 14.3. The second-order valence-electron chi connectivity index (χ2n) is 5.13. The molecule has 0 spiro atoms. The number of nitrogens with one attached hydrogen (secondary N) is 1. The van der Waals surface area contributed by atoms with Gasteiger partial charge in [-0.3, -0.25) is 10.1 Å². The minimum atomic E-state index is -0.345. The predicted octanol–water partition coefficient (Wildman–Crippen LogP) is 3.27. The molecule has 0 bridgehead atoms. The Balaban J connectivity index is 2.15. The molecular weight excluding hydrogens is 266 g/mol. The van der Waals surface area contributed by atoms with Crippen molar-refractivity contribution in [1.82, 2.24) is 4.90 Å². The summed E-state index contributed by atoms with van der Waals surface area (Å²) in [6.45, 7) is 1.25. The van der Waals surface area contributed by atoms with E-state index in [1.165, 1.54) is 11.6 Å². The summed E-state index contributed by atoms with van der Waals surface area (Å²) in [6, 6.07) is 14.8. The summed E-state index contributed by atoms with van der Waals surface area (Å²) in [7, 11) is 4.03. The Labute approximate surface area is 124 Å². The van der Waals surface area contributed by atoms with Crippen LogP contribution >= 0.6 is 0 Å². The van der Waals surface area contributed by atoms with E-state index in [1.54, 1.807) is 12.1 Å². The number of anilines is 1. The van der Waals surface area contributed by atoms with Crippen LogP contribution in [0.15, 0.2) is 48.5 Å². The number of para-hydroxylation sites is 2. The largest absolute Gasteiger partial charge is 0.380 e. The molecule has 0 aliphatic heterocycles. The maximum absolute atomic E-state index is 11.0. The van der Waals surface area contributed by atoms with Gasteiger partial charge in [-0.15, -0.1) is 0 Å². The molecule has 2 aromatic rings. The Hall–Kier alpha value is -2.40. The lowest BCUT2D eigenvalue weighted by Gasteiger charge is -2.15. The fourth-order valence-corrected chi connectivity index (χ4v) is 2.20. The van der Waals surface area contributed by atoms with Crippen LogP contribution in [0.4, 0.5) is 11.4 Å². The van der Waals surface area contributed by atoms with Crippen molar-refractivity contribution in [2.45, 2.75) is 13.1 Å². The summed E-state index contributed by atoms with van der Waals surface area (Å²) >= 11 is 0. The van der Waals surface area contributed by atoms with E-state index < -0.39 is 0 Å². The molecule has 5 heteroatoms. The van der Waals surface area contributed by atoms with Crippen molar-refractivity contribution in [2.24, 2.45) is 0 Å². The van der Waals surface area contributed by atoms with E-state index in [2.05, 4.69) is 16.3 Å². The zero-order valence-corrected chi connectivity index (χ0v) is 12.2. The molecule has 0 fully saturated rings. The fourth-order valence-electron chi connectivity index (χ4n) is 2.20. The van der Waals surface area contributed by atoms with E-state index in [4.69, 9.17) is 0 Å². The summed E-state index contributed by atoms with van der Waals surface area (Å²) < 4.78 is 0. The van der Waals surface area contributed by atoms with Gasteiger partial charge in [0.2, 0.25) is 0 Å². The first-order valence-electron chi connectivity index (χ1n) is 6.76. The van der Waals surface area contributed by atoms with Gasteiger partial charge in [0, 0.05) is 30.4 Å². The molecule has 0 aromatic heterocycles. The average Bonchev–Trinajstić information content (AvgIpc) is 2.46. The van der Waals surface area contributed by atoms with Crippen molar-refractivity contribution in [1.29, 1.82) is 0 Å². The molecule has 0 aliphatic rings. The van der Waals surface area contributed by atoms with Crippen molar-refractivity contribution in [3.05, 3.63) is 69.8 Å². The molecule has 21 heavy (non-hydrogen) atoms. The van der Waals surface area contributed by atoms with Crippen molar-refractivity contribution in [3.63, 3.8) is 0 Å². The normalized spacial score (nSPS) is 10.6. The van der Waals surface area contributed by atoms with Gasteiger partial charge in [0.25, 0.3) is 5.69 Å². The molecule has 5 nitrogen and oxygen atoms in total. The van der Waals surface area contributed by atoms with Crippen molar-refractivity contribution in [2.75, 3.05) is 19.4 Å². The number of nitrogens with zero attached hydrogens (tertiary/aromatic N) is 2. The van der Waals surface area contributed by atoms with Gasteiger partial charge in [0.15, 0.2) is 0 Å². The Morgan fingerprint density at radius 1 is 1.05 bits per heavy atom. The average molecular weight is 285 g/mol. The third-order valence-corrected chi connectivity index (χ3v) is 3.16. The van der Waals surface area contributed by atoms with Crippen LogP contribution in [0.3, 0.4) is 0 Å². The molecule has 0 aliphatic carbocycles. The highest BCUT2D eigenvalue weighted by Gasteiger charge is 2.12. The summed E-state index contributed by atoms with van der Waals surface area (Å²) in [4.78, 5) is 12.8. The molecule has 0 radical (unpaired) electrons. The van der Waals surface area contributed by atoms with Crippen LogP contribution < -0.4 is 5.32 Å². The van der Waals surface area contributed by atoms with Gasteiger partial charge in [-0.25, -0.2) is 0 Å². The van der Waals surface area contributed by atoms with Crippen LogP contribution in [-0.2, 0) is 13.1 Å². The maximum Gasteiger partial charge on any atom is 0.274 e. The van der Waals surface area contributed by atoms with Gasteiger partial charge in [-0.1, -0.05) is 36.4 Å². The highest BCUT2D eigenvalue weighted by atomic mass is 16.6. The molecule has 110 valence electrons. The molecule has 1 N–H and O–H groups in total. The summed E-state index contributed by atoms with van der Waals surface area (Å²) in [5.41, 5.74) is 3.00. The van der Waals surface area contributed by atoms with Crippen molar-refractivity contribution >= 4 is 11.4 Å². The van der Waals surface area contributed by atoms with E-state index in [9.17, 15) is 10.1 Å². The lowest BCUT2D eigenvalue weighted by Crippen LogP contribution is -2.13. The lowest BCUT2D eigenvalue weighted by molar-refractivity contribution is -0.385. The third kappa shape index (κ3) is 4.03. The Kier molecular flexibility index (Phi) is 4.90. The molecule has 2 rings (SSSR count). The second kappa shape index (κ2) is 6.85. The zero-order chi connectivity index (χ0) is 15.2. The number of nitro groups is 1. The van der Waals surface area contributed by atoms with Crippen LogP contribution in [0.1, 0.15) is 11.1 Å². The van der Waals surface area contributed by atoms with E-state index in [-0.39, 0.29) is 10.6 Å². The first-order chi connectivity index (χ1) is 10.1. The van der Waals surface area contributed by atoms with Crippen LogP contribution in [0.25, 0.3) is 0 Å². The monoisotopic (exact) mass is 285 g/mol. The van der Waals surface area contributed by atoms with Crippen molar-refractivity contribution < 1.29 is 4.92 Å². The van der Waals surface area contributed by atoms with Gasteiger partial charge in [-0.05, 0) is 25.7 Å². The van der Waals surface area contributed by atoms with E-state index in [0.29, 0.717) is 12.1 Å². The van der Waals surface area contributed by atoms with Crippen LogP contribution in [-0.4, -0.2) is 23.9 Å². The minimum absolute atomic E-state index is 0.148. The van der Waals surface area contributed by atoms with E-state index >= 15 is 0 Å². The van der Waals surface area contributed by atoms with Gasteiger partial charge in [-0.2, -0.15) is 0 Å². The predicted molar refractivity (Wildman–Crippen MR) is 84.3 cm³/mol. The summed E-state index contributed by atoms with van der Waals surface area (Å²) in [5.74, 6) is 0. The highest BCUT2D eigenvalue weighted by molar-refractivity contribution is 5.52. The number of hydrogen-bond donors (Lipinski definition) is 1. The van der Waals surface area contributed by atoms with E-state index in [1.807, 2.05) is 38.4 Å². The second-order valence-corrected chi connectivity index (χ2v) is 5.13. The number of benzene rings is 2. The van der Waals surface area contributed by atoms with E-state index in [0.717, 1.165) is 12.2 Å². The maximum atomic E-state index is 11.0. The molecule has 0 unspecified atom stereocenters. The standard InChI is InChI=1S/C16H19N3O2/c1-18(2)12-14-8-3-5-9-15(14)17-11-13-7-4-6-10-16(13)19(20)21/h3-10,17H,11-12H2,1-2H3. The molecule has 2 aromatic carbocycles.